The number of imide groups is 1. The van der Waals surface area contributed by atoms with Crippen molar-refractivity contribution < 1.29 is 23.8 Å². The highest BCUT2D eigenvalue weighted by molar-refractivity contribution is 6.45. The fraction of sp³-hybridized carbons (Fsp3) is 0.0588. The molecule has 0 unspecified atom stereocenters. The molecule has 0 fully saturated rings. The number of hydrogen-bond donors (Lipinski definition) is 1. The van der Waals surface area contributed by atoms with E-state index in [1.807, 2.05) is 0 Å². The summed E-state index contributed by atoms with van der Waals surface area (Å²) in [4.78, 5) is 25.7. The predicted molar refractivity (Wildman–Crippen MR) is 86.4 cm³/mol. The zero-order chi connectivity index (χ0) is 17.4. The molecule has 0 radical (unpaired) electrons. The van der Waals surface area contributed by atoms with Crippen LogP contribution in [0.1, 0.15) is 5.56 Å². The highest BCUT2D eigenvalue weighted by atomic mass is 35.5. The fourth-order valence-corrected chi connectivity index (χ4v) is 2.68. The van der Waals surface area contributed by atoms with Crippen LogP contribution in [-0.2, 0) is 9.59 Å². The number of carbonyl (C=O) groups is 2. The summed E-state index contributed by atoms with van der Waals surface area (Å²) in [7, 11) is 1.44. The average Bonchev–Trinajstić information content (AvgIpc) is 2.78. The summed E-state index contributed by atoms with van der Waals surface area (Å²) in [6.07, 6.45) is 0. The Balaban J connectivity index is 2.02. The number of aliphatic hydroxyl groups excluding tert-OH is 1. The molecule has 0 saturated heterocycles. The van der Waals surface area contributed by atoms with Crippen LogP contribution in [0, 0.1) is 5.82 Å². The van der Waals surface area contributed by atoms with Crippen LogP contribution >= 0.6 is 11.6 Å². The predicted octanol–water partition coefficient (Wildman–Crippen LogP) is 3.33. The molecule has 1 aliphatic heterocycles. The van der Waals surface area contributed by atoms with Gasteiger partial charge >= 0.3 is 5.91 Å². The van der Waals surface area contributed by atoms with Gasteiger partial charge in [0, 0.05) is 0 Å². The molecule has 122 valence electrons. The molecule has 7 heteroatoms. The van der Waals surface area contributed by atoms with E-state index in [2.05, 4.69) is 0 Å². The number of rotatable bonds is 3. The molecule has 0 spiro atoms. The Morgan fingerprint density at radius 2 is 1.75 bits per heavy atom. The van der Waals surface area contributed by atoms with E-state index in [-0.39, 0.29) is 21.8 Å². The van der Waals surface area contributed by atoms with Crippen LogP contribution in [0.25, 0.3) is 5.57 Å². The SMILES string of the molecule is COc1ccc(N2C(=O)C(O)=C(c3ccc(F)cc3)C2=O)cc1Cl. The minimum absolute atomic E-state index is 0.188. The Morgan fingerprint density at radius 1 is 1.08 bits per heavy atom. The number of carbonyl (C=O) groups excluding carboxylic acids is 2. The number of nitrogens with zero attached hydrogens (tertiary/aromatic N) is 1. The summed E-state index contributed by atoms with van der Waals surface area (Å²) < 4.78 is 18.1. The van der Waals surface area contributed by atoms with Gasteiger partial charge in [-0.15, -0.1) is 0 Å². The molecule has 0 aromatic heterocycles. The number of halogens is 2. The molecule has 0 bridgehead atoms. The van der Waals surface area contributed by atoms with Crippen molar-refractivity contribution in [3.8, 4) is 5.75 Å². The molecule has 0 atom stereocenters. The summed E-state index contributed by atoms with van der Waals surface area (Å²) in [5.74, 6) is -2.39. The minimum Gasteiger partial charge on any atom is -0.502 e. The Bertz CT molecular complexity index is 877. The lowest BCUT2D eigenvalue weighted by Crippen LogP contribution is -2.31. The molecule has 24 heavy (non-hydrogen) atoms. The van der Waals surface area contributed by atoms with Gasteiger partial charge in [-0.1, -0.05) is 23.7 Å². The maximum Gasteiger partial charge on any atom is 0.301 e. The van der Waals surface area contributed by atoms with E-state index in [0.717, 1.165) is 17.0 Å². The third kappa shape index (κ3) is 2.51. The molecule has 1 heterocycles. The second kappa shape index (κ2) is 5.98. The fourth-order valence-electron chi connectivity index (χ4n) is 2.42. The monoisotopic (exact) mass is 347 g/mol. The lowest BCUT2D eigenvalue weighted by molar-refractivity contribution is -0.121. The maximum atomic E-state index is 13.0. The number of benzene rings is 2. The normalized spacial score (nSPS) is 14.5. The highest BCUT2D eigenvalue weighted by Crippen LogP contribution is 2.35. The molecule has 0 saturated carbocycles. The van der Waals surface area contributed by atoms with Crippen molar-refractivity contribution in [2.45, 2.75) is 0 Å². The Hall–Kier alpha value is -2.86. The molecule has 2 aromatic rings. The summed E-state index contributed by atoms with van der Waals surface area (Å²) in [6, 6.07) is 9.28. The standard InChI is InChI=1S/C17H11ClFNO4/c1-24-13-7-6-11(8-12(13)18)20-16(22)14(15(21)17(20)23)9-2-4-10(19)5-3-9/h2-8,21H,1H3. The van der Waals surface area contributed by atoms with Gasteiger partial charge in [0.1, 0.15) is 11.6 Å². The van der Waals surface area contributed by atoms with Gasteiger partial charge in [0.05, 0.1) is 23.4 Å². The van der Waals surface area contributed by atoms with E-state index in [0.29, 0.717) is 5.75 Å². The van der Waals surface area contributed by atoms with Gasteiger partial charge in [0.25, 0.3) is 5.91 Å². The first kappa shape index (κ1) is 16.0. The maximum absolute atomic E-state index is 13.0. The molecular formula is C17H11ClFNO4. The van der Waals surface area contributed by atoms with E-state index >= 15 is 0 Å². The van der Waals surface area contributed by atoms with E-state index in [4.69, 9.17) is 16.3 Å². The van der Waals surface area contributed by atoms with Crippen molar-refractivity contribution in [2.24, 2.45) is 0 Å². The first-order valence-corrected chi connectivity index (χ1v) is 7.23. The van der Waals surface area contributed by atoms with Gasteiger partial charge in [-0.05, 0) is 35.9 Å². The number of methoxy groups -OCH3 is 1. The van der Waals surface area contributed by atoms with Crippen molar-refractivity contribution in [3.05, 3.63) is 64.6 Å². The molecule has 2 aromatic carbocycles. The van der Waals surface area contributed by atoms with Gasteiger partial charge in [-0.2, -0.15) is 0 Å². The third-order valence-electron chi connectivity index (χ3n) is 3.59. The Morgan fingerprint density at radius 3 is 2.33 bits per heavy atom. The Kier molecular flexibility index (Phi) is 3.99. The van der Waals surface area contributed by atoms with E-state index in [1.54, 1.807) is 0 Å². The van der Waals surface area contributed by atoms with Crippen LogP contribution in [0.5, 0.6) is 5.75 Å². The van der Waals surface area contributed by atoms with Gasteiger partial charge in [-0.3, -0.25) is 9.59 Å². The summed E-state index contributed by atoms with van der Waals surface area (Å²) in [5, 5.41) is 10.3. The first-order valence-electron chi connectivity index (χ1n) is 6.85. The molecule has 1 N–H and O–H groups in total. The van der Waals surface area contributed by atoms with Crippen LogP contribution in [0.4, 0.5) is 10.1 Å². The van der Waals surface area contributed by atoms with Crippen LogP contribution < -0.4 is 9.64 Å². The summed E-state index contributed by atoms with van der Waals surface area (Å²) in [5.41, 5.74) is 0.251. The molecular weight excluding hydrogens is 337 g/mol. The summed E-state index contributed by atoms with van der Waals surface area (Å²) >= 11 is 6.02. The third-order valence-corrected chi connectivity index (χ3v) is 3.88. The van der Waals surface area contributed by atoms with Crippen LogP contribution in [-0.4, -0.2) is 24.0 Å². The van der Waals surface area contributed by atoms with Crippen molar-refractivity contribution in [3.63, 3.8) is 0 Å². The number of hydrogen-bond acceptors (Lipinski definition) is 4. The van der Waals surface area contributed by atoms with Crippen molar-refractivity contribution in [2.75, 3.05) is 12.0 Å². The van der Waals surface area contributed by atoms with Crippen molar-refractivity contribution in [1.82, 2.24) is 0 Å². The lowest BCUT2D eigenvalue weighted by atomic mass is 10.1. The number of ether oxygens (including phenoxy) is 1. The summed E-state index contributed by atoms with van der Waals surface area (Å²) in [6.45, 7) is 0. The van der Waals surface area contributed by atoms with Gasteiger partial charge in [-0.25, -0.2) is 9.29 Å². The molecule has 3 rings (SSSR count). The lowest BCUT2D eigenvalue weighted by Gasteiger charge is -2.15. The van der Waals surface area contributed by atoms with Gasteiger partial charge < -0.3 is 9.84 Å². The molecule has 1 aliphatic rings. The highest BCUT2D eigenvalue weighted by Gasteiger charge is 2.40. The van der Waals surface area contributed by atoms with E-state index in [9.17, 15) is 19.1 Å². The minimum atomic E-state index is -0.874. The number of anilines is 1. The smallest absolute Gasteiger partial charge is 0.301 e. The average molecular weight is 348 g/mol. The number of aliphatic hydroxyl groups is 1. The number of amides is 2. The quantitative estimate of drug-likeness (QED) is 0.865. The van der Waals surface area contributed by atoms with E-state index < -0.39 is 23.4 Å². The zero-order valence-electron chi connectivity index (χ0n) is 12.4. The van der Waals surface area contributed by atoms with Gasteiger partial charge in [0.15, 0.2) is 5.76 Å². The zero-order valence-corrected chi connectivity index (χ0v) is 13.2. The second-order valence-electron chi connectivity index (χ2n) is 5.00. The second-order valence-corrected chi connectivity index (χ2v) is 5.40. The van der Waals surface area contributed by atoms with Crippen LogP contribution in [0.3, 0.4) is 0 Å². The van der Waals surface area contributed by atoms with Gasteiger partial charge in [0.2, 0.25) is 0 Å². The Labute approximate surface area is 141 Å². The first-order chi connectivity index (χ1) is 11.4. The topological polar surface area (TPSA) is 66.8 Å². The van der Waals surface area contributed by atoms with Crippen LogP contribution in [0.15, 0.2) is 48.2 Å². The molecule has 2 amide bonds. The van der Waals surface area contributed by atoms with Crippen molar-refractivity contribution in [1.29, 1.82) is 0 Å². The molecule has 0 aliphatic carbocycles. The van der Waals surface area contributed by atoms with Crippen molar-refractivity contribution >= 4 is 34.7 Å². The van der Waals surface area contributed by atoms with E-state index in [1.165, 1.54) is 37.4 Å². The van der Waals surface area contributed by atoms with Crippen LogP contribution in [0.2, 0.25) is 5.02 Å². The largest absolute Gasteiger partial charge is 0.502 e. The molecule has 5 nitrogen and oxygen atoms in total.